The quantitative estimate of drug-likeness (QED) is 0.479. The Morgan fingerprint density at radius 2 is 2.04 bits per heavy atom. The van der Waals surface area contributed by atoms with Crippen molar-refractivity contribution in [3.05, 3.63) is 0 Å². The van der Waals surface area contributed by atoms with Crippen LogP contribution in [0.15, 0.2) is 0 Å². The lowest BCUT2D eigenvalue weighted by Crippen LogP contribution is -2.56. The van der Waals surface area contributed by atoms with Gasteiger partial charge in [0.2, 0.25) is 0 Å². The molecule has 0 aromatic heterocycles. The highest BCUT2D eigenvalue weighted by Crippen LogP contribution is 2.33. The molecule has 2 heterocycles. The molecule has 130 valence electrons. The van der Waals surface area contributed by atoms with Gasteiger partial charge in [0.15, 0.2) is 5.78 Å². The van der Waals surface area contributed by atoms with Crippen LogP contribution >= 0.6 is 0 Å². The number of carbonyl (C=O) groups excluding carboxylic acids is 3. The minimum absolute atomic E-state index is 0.00453. The molecule has 23 heavy (non-hydrogen) atoms. The molecule has 2 aliphatic rings. The van der Waals surface area contributed by atoms with Crippen LogP contribution in [-0.4, -0.2) is 68.2 Å². The Labute approximate surface area is 136 Å². The van der Waals surface area contributed by atoms with Crippen molar-refractivity contribution in [1.29, 1.82) is 0 Å². The van der Waals surface area contributed by atoms with Crippen LogP contribution in [0.4, 0.5) is 0 Å². The van der Waals surface area contributed by atoms with E-state index >= 15 is 0 Å². The molecule has 0 aromatic carbocycles. The maximum absolute atomic E-state index is 12.4. The molecule has 7 nitrogen and oxygen atoms in total. The molecule has 0 saturated carbocycles. The van der Waals surface area contributed by atoms with Crippen LogP contribution in [0.3, 0.4) is 0 Å². The summed E-state index contributed by atoms with van der Waals surface area (Å²) in [6, 6.07) is -0.0488. The van der Waals surface area contributed by atoms with Crippen LogP contribution in [0.1, 0.15) is 38.5 Å². The third-order valence-corrected chi connectivity index (χ3v) is 4.58. The fourth-order valence-electron chi connectivity index (χ4n) is 3.52. The Balaban J connectivity index is 1.92. The minimum Gasteiger partial charge on any atom is -0.469 e. The normalized spacial score (nSPS) is 27.7. The van der Waals surface area contributed by atoms with Gasteiger partial charge in [-0.3, -0.25) is 19.3 Å². The minimum atomic E-state index is -0.459. The van der Waals surface area contributed by atoms with Gasteiger partial charge >= 0.3 is 5.97 Å². The van der Waals surface area contributed by atoms with E-state index in [0.717, 1.165) is 19.4 Å². The van der Waals surface area contributed by atoms with Crippen molar-refractivity contribution in [1.82, 2.24) is 4.90 Å². The number of methoxy groups -OCH3 is 2. The average molecular weight is 327 g/mol. The van der Waals surface area contributed by atoms with Crippen LogP contribution in [0.5, 0.6) is 0 Å². The van der Waals surface area contributed by atoms with Crippen molar-refractivity contribution < 1.29 is 28.6 Å². The maximum atomic E-state index is 12.4. The third kappa shape index (κ3) is 4.59. The lowest BCUT2D eigenvalue weighted by molar-refractivity contribution is -0.156. The number of ketones is 2. The first-order valence-corrected chi connectivity index (χ1v) is 8.04. The molecule has 0 radical (unpaired) electrons. The first-order chi connectivity index (χ1) is 11.1. The fraction of sp³-hybridized carbons (Fsp3) is 0.812. The van der Waals surface area contributed by atoms with Gasteiger partial charge in [0, 0.05) is 38.5 Å². The first-order valence-electron chi connectivity index (χ1n) is 8.04. The monoisotopic (exact) mass is 327 g/mol. The smallest absolute Gasteiger partial charge is 0.305 e. The summed E-state index contributed by atoms with van der Waals surface area (Å²) in [6.07, 6.45) is 2.31. The molecule has 0 unspecified atom stereocenters. The number of piperidine rings is 1. The van der Waals surface area contributed by atoms with Crippen molar-refractivity contribution in [2.75, 3.05) is 27.6 Å². The molecule has 0 spiro atoms. The zero-order valence-electron chi connectivity index (χ0n) is 13.8. The zero-order valence-corrected chi connectivity index (χ0v) is 13.8. The van der Waals surface area contributed by atoms with E-state index in [-0.39, 0.29) is 49.3 Å². The van der Waals surface area contributed by atoms with Gasteiger partial charge in [0.25, 0.3) is 0 Å². The Kier molecular flexibility index (Phi) is 6.68. The number of esters is 1. The van der Waals surface area contributed by atoms with E-state index in [1.165, 1.54) is 14.2 Å². The number of hydrogen-bond donors (Lipinski definition) is 0. The summed E-state index contributed by atoms with van der Waals surface area (Å²) in [5.74, 6) is -0.351. The second-order valence-corrected chi connectivity index (χ2v) is 6.08. The summed E-state index contributed by atoms with van der Waals surface area (Å²) in [5.41, 5.74) is 0. The topological polar surface area (TPSA) is 82.1 Å². The molecule has 0 aliphatic carbocycles. The van der Waals surface area contributed by atoms with E-state index in [0.29, 0.717) is 12.8 Å². The number of Topliss-reactive ketones (excluding diaryl/α,β-unsaturated/α-hetero) is 2. The van der Waals surface area contributed by atoms with E-state index in [4.69, 9.17) is 9.47 Å². The molecule has 2 saturated heterocycles. The van der Waals surface area contributed by atoms with Crippen molar-refractivity contribution in [3.63, 3.8) is 0 Å². The number of fused-ring (bicyclic) bond motifs is 1. The van der Waals surface area contributed by atoms with Crippen LogP contribution in [0.25, 0.3) is 0 Å². The van der Waals surface area contributed by atoms with Crippen molar-refractivity contribution in [3.8, 4) is 0 Å². The van der Waals surface area contributed by atoms with Gasteiger partial charge in [-0.25, -0.2) is 0 Å². The Morgan fingerprint density at radius 1 is 1.26 bits per heavy atom. The summed E-state index contributed by atoms with van der Waals surface area (Å²) in [7, 11) is 2.84. The van der Waals surface area contributed by atoms with E-state index in [9.17, 15) is 14.4 Å². The van der Waals surface area contributed by atoms with Gasteiger partial charge in [-0.1, -0.05) is 0 Å². The summed E-state index contributed by atoms with van der Waals surface area (Å²) >= 11 is 0. The zero-order chi connectivity index (χ0) is 16.8. The molecular weight excluding hydrogens is 302 g/mol. The molecule has 7 heteroatoms. The van der Waals surface area contributed by atoms with Gasteiger partial charge in [-0.15, -0.1) is 0 Å². The molecule has 0 N–H and O–H groups in total. The van der Waals surface area contributed by atoms with Crippen molar-refractivity contribution in [2.45, 2.75) is 56.7 Å². The molecule has 0 bridgehead atoms. The molecule has 0 aromatic rings. The van der Waals surface area contributed by atoms with Gasteiger partial charge < -0.3 is 14.2 Å². The second-order valence-electron chi connectivity index (χ2n) is 6.08. The molecule has 2 rings (SSSR count). The highest BCUT2D eigenvalue weighted by Gasteiger charge is 2.45. The number of carbonyl (C=O) groups is 3. The van der Waals surface area contributed by atoms with Gasteiger partial charge in [0.05, 0.1) is 13.5 Å². The predicted molar refractivity (Wildman–Crippen MR) is 80.8 cm³/mol. The summed E-state index contributed by atoms with van der Waals surface area (Å²) in [6.45, 7) is 0.975. The van der Waals surface area contributed by atoms with Gasteiger partial charge in [-0.05, 0) is 19.4 Å². The average Bonchev–Trinajstić information content (AvgIpc) is 3.02. The van der Waals surface area contributed by atoms with E-state index in [2.05, 4.69) is 9.64 Å². The van der Waals surface area contributed by atoms with Gasteiger partial charge in [-0.2, -0.15) is 0 Å². The Morgan fingerprint density at radius 3 is 2.74 bits per heavy atom. The number of ether oxygens (including phenoxy) is 3. The van der Waals surface area contributed by atoms with Crippen LogP contribution < -0.4 is 0 Å². The highest BCUT2D eigenvalue weighted by atomic mass is 16.7. The lowest BCUT2D eigenvalue weighted by Gasteiger charge is -2.41. The third-order valence-electron chi connectivity index (χ3n) is 4.58. The SMILES string of the molecule is COCO[C@H]1C(=O)C[C@@H](CC(=O)CCC(=O)OC)N2CCC[C@H]12. The summed E-state index contributed by atoms with van der Waals surface area (Å²) in [5, 5.41) is 0. The molecular formula is C16H25NO6. The Hall–Kier alpha value is -1.31. The summed E-state index contributed by atoms with van der Waals surface area (Å²) in [4.78, 5) is 37.8. The maximum Gasteiger partial charge on any atom is 0.305 e. The van der Waals surface area contributed by atoms with Crippen molar-refractivity contribution in [2.24, 2.45) is 0 Å². The summed E-state index contributed by atoms with van der Waals surface area (Å²) < 4.78 is 15.0. The standard InChI is InChI=1S/C16H25NO6/c1-21-10-23-16-13-4-3-7-17(13)11(9-14(16)19)8-12(18)5-6-15(20)22-2/h11,13,16H,3-10H2,1-2H3/t11-,13-,16-/m1/s1. The fourth-order valence-corrected chi connectivity index (χ4v) is 3.52. The number of rotatable bonds is 8. The molecule has 3 atom stereocenters. The molecule has 0 amide bonds. The highest BCUT2D eigenvalue weighted by molar-refractivity contribution is 5.88. The first kappa shape index (κ1) is 18.0. The van der Waals surface area contributed by atoms with E-state index in [1.54, 1.807) is 0 Å². The van der Waals surface area contributed by atoms with Crippen molar-refractivity contribution >= 4 is 17.5 Å². The van der Waals surface area contributed by atoms with Crippen LogP contribution in [-0.2, 0) is 28.6 Å². The van der Waals surface area contributed by atoms with Crippen LogP contribution in [0.2, 0.25) is 0 Å². The predicted octanol–water partition coefficient (Wildman–Crippen LogP) is 0.694. The van der Waals surface area contributed by atoms with E-state index < -0.39 is 6.10 Å². The number of nitrogens with zero attached hydrogens (tertiary/aromatic N) is 1. The lowest BCUT2D eigenvalue weighted by atomic mass is 9.89. The number of hydrogen-bond acceptors (Lipinski definition) is 7. The van der Waals surface area contributed by atoms with Gasteiger partial charge in [0.1, 0.15) is 18.7 Å². The molecule has 2 fully saturated rings. The van der Waals surface area contributed by atoms with Crippen LogP contribution in [0, 0.1) is 0 Å². The second kappa shape index (κ2) is 8.52. The Bertz CT molecular complexity index is 452. The van der Waals surface area contributed by atoms with E-state index in [1.807, 2.05) is 0 Å². The molecule has 2 aliphatic heterocycles. The largest absolute Gasteiger partial charge is 0.469 e.